The summed E-state index contributed by atoms with van der Waals surface area (Å²) in [4.78, 5) is 6.97. The number of nitrogens with two attached hydrogens (primary N) is 1. The largest absolute Gasteiger partial charge is 0.329 e. The second-order valence-corrected chi connectivity index (χ2v) is 6.00. The summed E-state index contributed by atoms with van der Waals surface area (Å²) in [6.45, 7) is 2.76. The summed E-state index contributed by atoms with van der Waals surface area (Å²) < 4.78 is 0. The highest BCUT2D eigenvalue weighted by Gasteiger charge is 2.13. The van der Waals surface area contributed by atoms with Crippen LogP contribution in [0.2, 0.25) is 0 Å². The van der Waals surface area contributed by atoms with Crippen LogP contribution in [0.1, 0.15) is 15.0 Å². The molecule has 0 fully saturated rings. The molecule has 0 spiro atoms. The van der Waals surface area contributed by atoms with Gasteiger partial charge >= 0.3 is 0 Å². The Hall–Kier alpha value is -0.840. The predicted molar refractivity (Wildman–Crippen MR) is 70.9 cm³/mol. The number of hydrogen-bond acceptors (Lipinski definition) is 4. The smallest absolute Gasteiger partial charge is 0.0966 e. The van der Waals surface area contributed by atoms with Gasteiger partial charge in [-0.2, -0.15) is 0 Å². The Balaban J connectivity index is 2.12. The van der Waals surface area contributed by atoms with Gasteiger partial charge in [0.1, 0.15) is 0 Å². The SMILES string of the molecule is Cc1ccc(C(CN)Sc2ccccn2)s1. The van der Waals surface area contributed by atoms with E-state index in [-0.39, 0.29) is 0 Å². The summed E-state index contributed by atoms with van der Waals surface area (Å²) in [5.74, 6) is 0. The van der Waals surface area contributed by atoms with Gasteiger partial charge < -0.3 is 5.73 Å². The highest BCUT2D eigenvalue weighted by molar-refractivity contribution is 7.99. The Bertz CT molecular complexity index is 439. The first-order valence-electron chi connectivity index (χ1n) is 5.13. The van der Waals surface area contributed by atoms with Crippen molar-refractivity contribution in [2.75, 3.05) is 6.54 Å². The van der Waals surface area contributed by atoms with Crippen LogP contribution in [0.3, 0.4) is 0 Å². The van der Waals surface area contributed by atoms with Crippen molar-refractivity contribution in [2.45, 2.75) is 17.2 Å². The van der Waals surface area contributed by atoms with Crippen LogP contribution in [0.25, 0.3) is 0 Å². The first kappa shape index (κ1) is 11.6. The fraction of sp³-hybridized carbons (Fsp3) is 0.250. The van der Waals surface area contributed by atoms with E-state index in [1.807, 2.05) is 35.7 Å². The minimum atomic E-state index is 0.314. The molecule has 0 saturated carbocycles. The first-order chi connectivity index (χ1) is 7.79. The Morgan fingerprint density at radius 1 is 1.38 bits per heavy atom. The van der Waals surface area contributed by atoms with E-state index in [1.165, 1.54) is 9.75 Å². The van der Waals surface area contributed by atoms with Gasteiger partial charge in [-0.3, -0.25) is 0 Å². The zero-order valence-electron chi connectivity index (χ0n) is 9.09. The van der Waals surface area contributed by atoms with Crippen LogP contribution in [0, 0.1) is 6.92 Å². The number of nitrogens with zero attached hydrogens (tertiary/aromatic N) is 1. The summed E-state index contributed by atoms with van der Waals surface area (Å²) in [6, 6.07) is 10.3. The maximum atomic E-state index is 5.82. The van der Waals surface area contributed by atoms with Gasteiger partial charge in [0, 0.05) is 22.5 Å². The van der Waals surface area contributed by atoms with Crippen molar-refractivity contribution in [3.63, 3.8) is 0 Å². The van der Waals surface area contributed by atoms with E-state index in [0.717, 1.165) is 5.03 Å². The molecule has 2 N–H and O–H groups in total. The molecule has 2 nitrogen and oxygen atoms in total. The number of thioether (sulfide) groups is 1. The van der Waals surface area contributed by atoms with Crippen molar-refractivity contribution in [3.8, 4) is 0 Å². The molecule has 2 aromatic heterocycles. The van der Waals surface area contributed by atoms with Crippen molar-refractivity contribution in [3.05, 3.63) is 46.3 Å². The molecule has 0 aliphatic rings. The molecule has 2 heterocycles. The van der Waals surface area contributed by atoms with Crippen molar-refractivity contribution < 1.29 is 0 Å². The molecule has 1 atom stereocenters. The van der Waals surface area contributed by atoms with Crippen LogP contribution in [0.4, 0.5) is 0 Å². The molecular weight excluding hydrogens is 236 g/mol. The summed E-state index contributed by atoms with van der Waals surface area (Å²) in [7, 11) is 0. The fourth-order valence-corrected chi connectivity index (χ4v) is 3.43. The Morgan fingerprint density at radius 3 is 2.81 bits per heavy atom. The van der Waals surface area contributed by atoms with Gasteiger partial charge in [0.2, 0.25) is 0 Å². The summed E-state index contributed by atoms with van der Waals surface area (Å²) in [5, 5.41) is 1.35. The summed E-state index contributed by atoms with van der Waals surface area (Å²) >= 11 is 3.54. The molecule has 2 aromatic rings. The zero-order valence-corrected chi connectivity index (χ0v) is 10.7. The molecule has 0 aromatic carbocycles. The van der Waals surface area contributed by atoms with E-state index < -0.39 is 0 Å². The summed E-state index contributed by atoms with van der Waals surface area (Å²) in [6.07, 6.45) is 1.82. The predicted octanol–water partition coefficient (Wildman–Crippen LogP) is 3.24. The molecule has 0 aliphatic heterocycles. The fourth-order valence-electron chi connectivity index (χ4n) is 1.41. The number of hydrogen-bond donors (Lipinski definition) is 1. The molecule has 2 rings (SSSR count). The van der Waals surface area contributed by atoms with E-state index in [9.17, 15) is 0 Å². The standard InChI is InChI=1S/C12H14N2S2/c1-9-5-6-10(15-9)11(8-13)16-12-4-2-3-7-14-12/h2-7,11H,8,13H2,1H3. The molecule has 0 radical (unpaired) electrons. The van der Waals surface area contributed by atoms with Crippen molar-refractivity contribution in [1.29, 1.82) is 0 Å². The second kappa shape index (κ2) is 5.48. The minimum absolute atomic E-state index is 0.314. The molecule has 0 bridgehead atoms. The number of thiophene rings is 1. The minimum Gasteiger partial charge on any atom is -0.329 e. The lowest BCUT2D eigenvalue weighted by Crippen LogP contribution is -2.08. The molecule has 16 heavy (non-hydrogen) atoms. The van der Waals surface area contributed by atoms with Crippen LogP contribution < -0.4 is 5.73 Å². The van der Waals surface area contributed by atoms with Gasteiger partial charge in [-0.1, -0.05) is 17.8 Å². The topological polar surface area (TPSA) is 38.9 Å². The maximum absolute atomic E-state index is 5.82. The molecule has 1 unspecified atom stereocenters. The third-order valence-corrected chi connectivity index (χ3v) is 4.67. The van der Waals surface area contributed by atoms with E-state index in [0.29, 0.717) is 11.8 Å². The van der Waals surface area contributed by atoms with Crippen LogP contribution in [-0.4, -0.2) is 11.5 Å². The highest BCUT2D eigenvalue weighted by Crippen LogP contribution is 2.36. The Kier molecular flexibility index (Phi) is 3.98. The van der Waals surface area contributed by atoms with E-state index in [1.54, 1.807) is 11.8 Å². The third kappa shape index (κ3) is 2.84. The van der Waals surface area contributed by atoms with Crippen molar-refractivity contribution in [1.82, 2.24) is 4.98 Å². The van der Waals surface area contributed by atoms with E-state index in [2.05, 4.69) is 24.0 Å². The highest BCUT2D eigenvalue weighted by atomic mass is 32.2. The summed E-state index contributed by atoms with van der Waals surface area (Å²) in [5.41, 5.74) is 5.82. The van der Waals surface area contributed by atoms with Gasteiger partial charge in [-0.25, -0.2) is 4.98 Å². The quantitative estimate of drug-likeness (QED) is 0.847. The second-order valence-electron chi connectivity index (χ2n) is 3.46. The molecule has 84 valence electrons. The normalized spacial score (nSPS) is 12.6. The number of aryl methyl sites for hydroxylation is 1. The van der Waals surface area contributed by atoms with Gasteiger partial charge in [-0.05, 0) is 31.2 Å². The number of aromatic nitrogens is 1. The van der Waals surface area contributed by atoms with Crippen LogP contribution in [0.5, 0.6) is 0 Å². The van der Waals surface area contributed by atoms with E-state index >= 15 is 0 Å². The monoisotopic (exact) mass is 250 g/mol. The van der Waals surface area contributed by atoms with Crippen LogP contribution >= 0.6 is 23.1 Å². The van der Waals surface area contributed by atoms with Gasteiger partial charge in [0.25, 0.3) is 0 Å². The first-order valence-corrected chi connectivity index (χ1v) is 6.83. The molecule has 0 aliphatic carbocycles. The maximum Gasteiger partial charge on any atom is 0.0966 e. The molecule has 0 saturated heterocycles. The average molecular weight is 250 g/mol. The Labute approximate surface area is 104 Å². The van der Waals surface area contributed by atoms with E-state index in [4.69, 9.17) is 5.73 Å². The number of pyridine rings is 1. The molecule has 0 amide bonds. The van der Waals surface area contributed by atoms with Gasteiger partial charge in [0.05, 0.1) is 10.3 Å². The average Bonchev–Trinajstić information content (AvgIpc) is 2.74. The lowest BCUT2D eigenvalue weighted by Gasteiger charge is -2.11. The number of rotatable bonds is 4. The van der Waals surface area contributed by atoms with Crippen molar-refractivity contribution in [2.24, 2.45) is 5.73 Å². The molecular formula is C12H14N2S2. The molecule has 4 heteroatoms. The van der Waals surface area contributed by atoms with Gasteiger partial charge in [0.15, 0.2) is 0 Å². The lowest BCUT2D eigenvalue weighted by molar-refractivity contribution is 0.953. The lowest BCUT2D eigenvalue weighted by atomic mass is 10.3. The van der Waals surface area contributed by atoms with Gasteiger partial charge in [-0.15, -0.1) is 11.3 Å². The third-order valence-electron chi connectivity index (χ3n) is 2.19. The van der Waals surface area contributed by atoms with Crippen molar-refractivity contribution >= 4 is 23.1 Å². The zero-order chi connectivity index (χ0) is 11.4. The Morgan fingerprint density at radius 2 is 2.25 bits per heavy atom. The van der Waals surface area contributed by atoms with Crippen LogP contribution in [0.15, 0.2) is 41.6 Å². The van der Waals surface area contributed by atoms with Crippen LogP contribution in [-0.2, 0) is 0 Å².